The fourth-order valence-electron chi connectivity index (χ4n) is 4.07. The van der Waals surface area contributed by atoms with E-state index in [1.807, 2.05) is 0 Å². The Balaban J connectivity index is 1.27. The molecule has 1 aliphatic carbocycles. The number of aromatic amines is 1. The van der Waals surface area contributed by atoms with Gasteiger partial charge in [0.15, 0.2) is 0 Å². The van der Waals surface area contributed by atoms with Crippen LogP contribution < -0.4 is 15.0 Å². The topological polar surface area (TPSA) is 114 Å². The average molecular weight is 478 g/mol. The third-order valence-corrected chi connectivity index (χ3v) is 7.19. The lowest BCUT2D eigenvalue weighted by molar-refractivity contribution is 0.462. The molecule has 0 spiro atoms. The van der Waals surface area contributed by atoms with E-state index in [1.54, 1.807) is 54.9 Å². The number of nitrogens with zero attached hydrogens (tertiary/aromatic N) is 1. The van der Waals surface area contributed by atoms with Gasteiger partial charge in [0.1, 0.15) is 17.3 Å². The van der Waals surface area contributed by atoms with Gasteiger partial charge in [-0.25, -0.2) is 18.1 Å². The first kappa shape index (κ1) is 22.1. The van der Waals surface area contributed by atoms with E-state index in [-0.39, 0.29) is 17.0 Å². The fourth-order valence-corrected chi connectivity index (χ4v) is 5.06. The quantitative estimate of drug-likeness (QED) is 0.413. The van der Waals surface area contributed by atoms with Gasteiger partial charge in [-0.3, -0.25) is 4.79 Å². The molecule has 0 saturated carbocycles. The third-order valence-electron chi connectivity index (χ3n) is 5.77. The smallest absolute Gasteiger partial charge is 0.251 e. The van der Waals surface area contributed by atoms with Crippen molar-refractivity contribution < 1.29 is 17.6 Å². The Morgan fingerprint density at radius 3 is 2.56 bits per heavy atom. The SMILES string of the molecule is O=c1[nH]cc(-c2ccc(CNS(=O)(=O)c3ccc(Oc4ccccn4)cc3)o2)c2c1CCCC2. The van der Waals surface area contributed by atoms with Gasteiger partial charge in [0.25, 0.3) is 5.56 Å². The van der Waals surface area contributed by atoms with Crippen LogP contribution in [0.1, 0.15) is 29.7 Å². The molecule has 34 heavy (non-hydrogen) atoms. The number of fused-ring (bicyclic) bond motifs is 1. The maximum atomic E-state index is 12.7. The molecule has 3 heterocycles. The van der Waals surface area contributed by atoms with E-state index < -0.39 is 10.0 Å². The van der Waals surface area contributed by atoms with E-state index >= 15 is 0 Å². The van der Waals surface area contributed by atoms with E-state index in [0.29, 0.717) is 23.1 Å². The number of pyridine rings is 2. The first-order valence-corrected chi connectivity index (χ1v) is 12.5. The second-order valence-corrected chi connectivity index (χ2v) is 9.79. The van der Waals surface area contributed by atoms with Gasteiger partial charge in [0.05, 0.1) is 11.4 Å². The number of nitrogens with one attached hydrogen (secondary N) is 2. The van der Waals surface area contributed by atoms with Crippen LogP contribution >= 0.6 is 0 Å². The molecule has 2 N–H and O–H groups in total. The fraction of sp³-hybridized carbons (Fsp3) is 0.200. The summed E-state index contributed by atoms with van der Waals surface area (Å²) in [5.74, 6) is 2.00. The van der Waals surface area contributed by atoms with Crippen molar-refractivity contribution in [2.24, 2.45) is 0 Å². The lowest BCUT2D eigenvalue weighted by atomic mass is 9.89. The monoisotopic (exact) mass is 477 g/mol. The molecule has 1 aliphatic rings. The summed E-state index contributed by atoms with van der Waals surface area (Å²) in [5, 5.41) is 0. The molecule has 0 amide bonds. The Hall–Kier alpha value is -3.69. The van der Waals surface area contributed by atoms with Gasteiger partial charge in [-0.1, -0.05) is 6.07 Å². The van der Waals surface area contributed by atoms with Crippen LogP contribution in [0.25, 0.3) is 11.3 Å². The number of aromatic nitrogens is 2. The number of benzene rings is 1. The van der Waals surface area contributed by atoms with Crippen molar-refractivity contribution in [2.75, 3.05) is 0 Å². The lowest BCUT2D eigenvalue weighted by Gasteiger charge is -2.17. The van der Waals surface area contributed by atoms with Crippen molar-refractivity contribution in [1.29, 1.82) is 0 Å². The molecule has 5 rings (SSSR count). The summed E-state index contributed by atoms with van der Waals surface area (Å²) in [4.78, 5) is 19.1. The minimum Gasteiger partial charge on any atom is -0.460 e. The molecular formula is C25H23N3O5S. The van der Waals surface area contributed by atoms with Crippen LogP contribution in [0.4, 0.5) is 0 Å². The van der Waals surface area contributed by atoms with Crippen molar-refractivity contribution in [2.45, 2.75) is 37.1 Å². The molecule has 8 nitrogen and oxygen atoms in total. The summed E-state index contributed by atoms with van der Waals surface area (Å²) in [6.07, 6.45) is 6.91. The molecule has 4 aromatic rings. The number of ether oxygens (including phenoxy) is 1. The van der Waals surface area contributed by atoms with Crippen molar-refractivity contribution in [3.63, 3.8) is 0 Å². The minimum atomic E-state index is -3.75. The van der Waals surface area contributed by atoms with Crippen LogP contribution in [0.15, 0.2) is 81.1 Å². The van der Waals surface area contributed by atoms with Crippen LogP contribution in [0.5, 0.6) is 11.6 Å². The van der Waals surface area contributed by atoms with Gasteiger partial charge in [0, 0.05) is 29.6 Å². The summed E-state index contributed by atoms with van der Waals surface area (Å²) in [7, 11) is -3.75. The summed E-state index contributed by atoms with van der Waals surface area (Å²) < 4.78 is 39.6. The Morgan fingerprint density at radius 2 is 1.79 bits per heavy atom. The molecule has 3 aromatic heterocycles. The highest BCUT2D eigenvalue weighted by Gasteiger charge is 2.20. The second kappa shape index (κ2) is 9.28. The molecule has 0 radical (unpaired) electrons. The van der Waals surface area contributed by atoms with Crippen LogP contribution in [0, 0.1) is 0 Å². The van der Waals surface area contributed by atoms with E-state index in [2.05, 4.69) is 14.7 Å². The van der Waals surface area contributed by atoms with Gasteiger partial charge in [0.2, 0.25) is 15.9 Å². The largest absolute Gasteiger partial charge is 0.460 e. The number of H-pyrrole nitrogens is 1. The van der Waals surface area contributed by atoms with Gasteiger partial charge in [-0.15, -0.1) is 0 Å². The summed E-state index contributed by atoms with van der Waals surface area (Å²) in [5.41, 5.74) is 2.64. The van der Waals surface area contributed by atoms with E-state index in [4.69, 9.17) is 9.15 Å². The van der Waals surface area contributed by atoms with Crippen LogP contribution in [-0.2, 0) is 29.4 Å². The number of sulfonamides is 1. The van der Waals surface area contributed by atoms with Gasteiger partial charge < -0.3 is 14.1 Å². The number of hydrogen-bond donors (Lipinski definition) is 2. The Kier molecular flexibility index (Phi) is 6.04. The van der Waals surface area contributed by atoms with Crippen LogP contribution in [0.2, 0.25) is 0 Å². The first-order valence-electron chi connectivity index (χ1n) is 11.0. The molecular weight excluding hydrogens is 454 g/mol. The molecule has 174 valence electrons. The van der Waals surface area contributed by atoms with Gasteiger partial charge in [-0.05, 0) is 73.7 Å². The van der Waals surface area contributed by atoms with E-state index in [1.165, 1.54) is 12.1 Å². The van der Waals surface area contributed by atoms with Crippen LogP contribution in [-0.4, -0.2) is 18.4 Å². The highest BCUT2D eigenvalue weighted by molar-refractivity contribution is 7.89. The molecule has 0 aliphatic heterocycles. The molecule has 0 atom stereocenters. The van der Waals surface area contributed by atoms with E-state index in [9.17, 15) is 13.2 Å². The van der Waals surface area contributed by atoms with Crippen molar-refractivity contribution in [3.8, 4) is 23.0 Å². The van der Waals surface area contributed by atoms with Crippen molar-refractivity contribution in [3.05, 3.63) is 94.2 Å². The average Bonchev–Trinajstić information content (AvgIpc) is 3.33. The second-order valence-electron chi connectivity index (χ2n) is 8.03. The predicted molar refractivity (Wildman–Crippen MR) is 126 cm³/mol. The zero-order chi connectivity index (χ0) is 23.5. The number of hydrogen-bond acceptors (Lipinski definition) is 6. The van der Waals surface area contributed by atoms with Crippen molar-refractivity contribution >= 4 is 10.0 Å². The molecule has 0 saturated heterocycles. The first-order chi connectivity index (χ1) is 16.5. The summed E-state index contributed by atoms with van der Waals surface area (Å²) in [6, 6.07) is 14.9. The Morgan fingerprint density at radius 1 is 1.00 bits per heavy atom. The minimum absolute atomic E-state index is 0.0000635. The molecule has 0 bridgehead atoms. The zero-order valence-corrected chi connectivity index (χ0v) is 19.1. The maximum Gasteiger partial charge on any atom is 0.251 e. The summed E-state index contributed by atoms with van der Waals surface area (Å²) in [6.45, 7) is 0.0000635. The Labute approximate surface area is 196 Å². The number of rotatable bonds is 7. The Bertz CT molecular complexity index is 1460. The lowest BCUT2D eigenvalue weighted by Crippen LogP contribution is -2.22. The molecule has 1 aromatic carbocycles. The van der Waals surface area contributed by atoms with Gasteiger partial charge in [-0.2, -0.15) is 0 Å². The molecule has 0 unspecified atom stereocenters. The maximum absolute atomic E-state index is 12.7. The van der Waals surface area contributed by atoms with Crippen LogP contribution in [0.3, 0.4) is 0 Å². The van der Waals surface area contributed by atoms with Crippen molar-refractivity contribution in [1.82, 2.24) is 14.7 Å². The molecule has 9 heteroatoms. The highest BCUT2D eigenvalue weighted by Crippen LogP contribution is 2.30. The highest BCUT2D eigenvalue weighted by atomic mass is 32.2. The standard InChI is InChI=1S/C25H23N3O5S/c29-25-21-6-2-1-5-20(21)22(16-27-25)23-13-10-18(32-23)15-28-34(30,31)19-11-8-17(9-12-19)33-24-7-3-4-14-26-24/h3-4,7-14,16,28H,1-2,5-6,15H2,(H,27,29). The normalized spacial score (nSPS) is 13.4. The van der Waals surface area contributed by atoms with Gasteiger partial charge >= 0.3 is 0 Å². The number of furan rings is 1. The summed E-state index contributed by atoms with van der Waals surface area (Å²) >= 11 is 0. The zero-order valence-electron chi connectivity index (χ0n) is 18.3. The predicted octanol–water partition coefficient (Wildman–Crippen LogP) is 4.18. The third kappa shape index (κ3) is 4.66. The molecule has 0 fully saturated rings. The van der Waals surface area contributed by atoms with E-state index in [0.717, 1.165) is 42.4 Å².